The Labute approximate surface area is 114 Å². The van der Waals surface area contributed by atoms with Gasteiger partial charge in [-0.05, 0) is 24.6 Å². The SMILES string of the molecule is CC(CN)CNC(=O)CCOc1ccccc1.Cl. The van der Waals surface area contributed by atoms with Crippen LogP contribution in [0.5, 0.6) is 5.75 Å². The summed E-state index contributed by atoms with van der Waals surface area (Å²) in [6.45, 7) is 3.61. The highest BCUT2D eigenvalue weighted by atomic mass is 35.5. The highest BCUT2D eigenvalue weighted by molar-refractivity contribution is 5.85. The molecule has 0 aliphatic rings. The van der Waals surface area contributed by atoms with Gasteiger partial charge in [-0.3, -0.25) is 4.79 Å². The molecule has 0 bridgehead atoms. The van der Waals surface area contributed by atoms with Gasteiger partial charge in [-0.15, -0.1) is 12.4 Å². The second-order valence-electron chi connectivity index (χ2n) is 4.06. The highest BCUT2D eigenvalue weighted by Gasteiger charge is 2.04. The van der Waals surface area contributed by atoms with Gasteiger partial charge in [0.05, 0.1) is 13.0 Å². The van der Waals surface area contributed by atoms with E-state index in [1.807, 2.05) is 37.3 Å². The number of halogens is 1. The molecule has 0 radical (unpaired) electrons. The van der Waals surface area contributed by atoms with Crippen molar-refractivity contribution >= 4 is 18.3 Å². The Kier molecular flexibility index (Phi) is 9.06. The van der Waals surface area contributed by atoms with E-state index >= 15 is 0 Å². The van der Waals surface area contributed by atoms with E-state index in [1.165, 1.54) is 0 Å². The first kappa shape index (κ1) is 16.7. The van der Waals surface area contributed by atoms with Crippen LogP contribution in [0.1, 0.15) is 13.3 Å². The third-order valence-electron chi connectivity index (χ3n) is 2.39. The average Bonchev–Trinajstić information content (AvgIpc) is 2.37. The second-order valence-corrected chi connectivity index (χ2v) is 4.06. The summed E-state index contributed by atoms with van der Waals surface area (Å²) in [5.41, 5.74) is 5.46. The van der Waals surface area contributed by atoms with Crippen LogP contribution in [0, 0.1) is 5.92 Å². The molecule has 1 rings (SSSR count). The van der Waals surface area contributed by atoms with E-state index in [2.05, 4.69) is 5.32 Å². The van der Waals surface area contributed by atoms with Gasteiger partial charge in [0, 0.05) is 6.54 Å². The predicted molar refractivity (Wildman–Crippen MR) is 75.0 cm³/mol. The molecule has 0 aromatic heterocycles. The zero-order valence-electron chi connectivity index (χ0n) is 10.6. The van der Waals surface area contributed by atoms with Gasteiger partial charge in [-0.25, -0.2) is 0 Å². The van der Waals surface area contributed by atoms with Gasteiger partial charge in [0.25, 0.3) is 0 Å². The van der Waals surface area contributed by atoms with Crippen molar-refractivity contribution in [1.29, 1.82) is 0 Å². The van der Waals surface area contributed by atoms with Gasteiger partial charge in [-0.2, -0.15) is 0 Å². The molecule has 1 amide bonds. The molecule has 0 aliphatic heterocycles. The minimum absolute atomic E-state index is 0. The summed E-state index contributed by atoms with van der Waals surface area (Å²) in [4.78, 5) is 11.4. The number of ether oxygens (including phenoxy) is 1. The topological polar surface area (TPSA) is 64.3 Å². The molecule has 1 aromatic carbocycles. The standard InChI is InChI=1S/C13H20N2O2.ClH/c1-11(9-14)10-15-13(16)7-8-17-12-5-3-2-4-6-12;/h2-6,11H,7-10,14H2,1H3,(H,15,16);1H. The number of benzene rings is 1. The van der Waals surface area contributed by atoms with Crippen LogP contribution in [0.25, 0.3) is 0 Å². The highest BCUT2D eigenvalue weighted by Crippen LogP contribution is 2.08. The van der Waals surface area contributed by atoms with Crippen LogP contribution in [0.4, 0.5) is 0 Å². The third kappa shape index (κ3) is 7.14. The van der Waals surface area contributed by atoms with Gasteiger partial charge < -0.3 is 15.8 Å². The lowest BCUT2D eigenvalue weighted by atomic mass is 10.2. The normalized spacial score (nSPS) is 11.2. The van der Waals surface area contributed by atoms with Crippen molar-refractivity contribution < 1.29 is 9.53 Å². The smallest absolute Gasteiger partial charge is 0.223 e. The Morgan fingerprint density at radius 3 is 2.67 bits per heavy atom. The van der Waals surface area contributed by atoms with E-state index < -0.39 is 0 Å². The van der Waals surface area contributed by atoms with Crippen LogP contribution in [-0.4, -0.2) is 25.6 Å². The molecule has 1 unspecified atom stereocenters. The second kappa shape index (κ2) is 9.74. The fourth-order valence-electron chi connectivity index (χ4n) is 1.24. The maximum absolute atomic E-state index is 11.4. The van der Waals surface area contributed by atoms with E-state index in [0.717, 1.165) is 5.75 Å². The lowest BCUT2D eigenvalue weighted by Crippen LogP contribution is -2.31. The Morgan fingerprint density at radius 1 is 1.39 bits per heavy atom. The Hall–Kier alpha value is -1.26. The summed E-state index contributed by atoms with van der Waals surface area (Å²) in [7, 11) is 0. The van der Waals surface area contributed by atoms with Crippen LogP contribution in [0.15, 0.2) is 30.3 Å². The van der Waals surface area contributed by atoms with E-state index in [0.29, 0.717) is 32.0 Å². The summed E-state index contributed by atoms with van der Waals surface area (Å²) in [5, 5.41) is 2.82. The minimum atomic E-state index is 0. The summed E-state index contributed by atoms with van der Waals surface area (Å²) in [5.74, 6) is 1.10. The number of nitrogens with two attached hydrogens (primary N) is 1. The van der Waals surface area contributed by atoms with E-state index in [9.17, 15) is 4.79 Å². The number of hydrogen-bond donors (Lipinski definition) is 2. The van der Waals surface area contributed by atoms with Gasteiger partial charge >= 0.3 is 0 Å². The number of rotatable bonds is 7. The molecular formula is C13H21ClN2O2. The number of carbonyl (C=O) groups is 1. The molecule has 0 heterocycles. The molecule has 0 fully saturated rings. The lowest BCUT2D eigenvalue weighted by molar-refractivity contribution is -0.121. The number of carbonyl (C=O) groups excluding carboxylic acids is 1. The van der Waals surface area contributed by atoms with Crippen molar-refractivity contribution in [3.8, 4) is 5.75 Å². The van der Waals surface area contributed by atoms with Crippen LogP contribution >= 0.6 is 12.4 Å². The maximum Gasteiger partial charge on any atom is 0.223 e. The van der Waals surface area contributed by atoms with Crippen molar-refractivity contribution in [1.82, 2.24) is 5.32 Å². The van der Waals surface area contributed by atoms with E-state index in [4.69, 9.17) is 10.5 Å². The molecule has 3 N–H and O–H groups in total. The zero-order valence-corrected chi connectivity index (χ0v) is 11.4. The zero-order chi connectivity index (χ0) is 12.5. The van der Waals surface area contributed by atoms with Gasteiger partial charge in [0.1, 0.15) is 5.75 Å². The summed E-state index contributed by atoms with van der Waals surface area (Å²) < 4.78 is 5.42. The molecule has 102 valence electrons. The fraction of sp³-hybridized carbons (Fsp3) is 0.462. The average molecular weight is 273 g/mol. The van der Waals surface area contributed by atoms with Crippen molar-refractivity contribution in [2.24, 2.45) is 11.7 Å². The molecule has 5 heteroatoms. The predicted octanol–water partition coefficient (Wildman–Crippen LogP) is 1.59. The number of para-hydroxylation sites is 1. The minimum Gasteiger partial charge on any atom is -0.493 e. The van der Waals surface area contributed by atoms with Crippen molar-refractivity contribution in [2.45, 2.75) is 13.3 Å². The third-order valence-corrected chi connectivity index (χ3v) is 2.39. The quantitative estimate of drug-likeness (QED) is 0.792. The first-order chi connectivity index (χ1) is 8.22. The fourth-order valence-corrected chi connectivity index (χ4v) is 1.24. The molecule has 18 heavy (non-hydrogen) atoms. The van der Waals surface area contributed by atoms with Gasteiger partial charge in [0.2, 0.25) is 5.91 Å². The van der Waals surface area contributed by atoms with Gasteiger partial charge in [-0.1, -0.05) is 25.1 Å². The first-order valence-electron chi connectivity index (χ1n) is 5.87. The molecule has 1 atom stereocenters. The molecular weight excluding hydrogens is 252 g/mol. The van der Waals surface area contributed by atoms with Crippen molar-refractivity contribution in [3.63, 3.8) is 0 Å². The van der Waals surface area contributed by atoms with Crippen LogP contribution in [0.2, 0.25) is 0 Å². The number of nitrogens with one attached hydrogen (secondary N) is 1. The van der Waals surface area contributed by atoms with Crippen molar-refractivity contribution in [2.75, 3.05) is 19.7 Å². The monoisotopic (exact) mass is 272 g/mol. The Balaban J connectivity index is 0.00000289. The van der Waals surface area contributed by atoms with E-state index in [1.54, 1.807) is 0 Å². The number of hydrogen-bond acceptors (Lipinski definition) is 3. The van der Waals surface area contributed by atoms with Crippen molar-refractivity contribution in [3.05, 3.63) is 30.3 Å². The summed E-state index contributed by atoms with van der Waals surface area (Å²) in [6.07, 6.45) is 0.367. The first-order valence-corrected chi connectivity index (χ1v) is 5.87. The molecule has 0 saturated heterocycles. The summed E-state index contributed by atoms with van der Waals surface area (Å²) >= 11 is 0. The van der Waals surface area contributed by atoms with Crippen LogP contribution in [0.3, 0.4) is 0 Å². The Bertz CT molecular complexity index is 333. The van der Waals surface area contributed by atoms with Crippen LogP contribution in [-0.2, 0) is 4.79 Å². The molecule has 4 nitrogen and oxygen atoms in total. The summed E-state index contributed by atoms with van der Waals surface area (Å²) in [6, 6.07) is 9.47. The Morgan fingerprint density at radius 2 is 2.06 bits per heavy atom. The number of amides is 1. The molecule has 0 aliphatic carbocycles. The lowest BCUT2D eigenvalue weighted by Gasteiger charge is -2.10. The van der Waals surface area contributed by atoms with Gasteiger partial charge in [0.15, 0.2) is 0 Å². The molecule has 0 spiro atoms. The molecule has 0 saturated carbocycles. The van der Waals surface area contributed by atoms with Crippen LogP contribution < -0.4 is 15.8 Å². The molecule has 1 aromatic rings. The largest absolute Gasteiger partial charge is 0.493 e. The van der Waals surface area contributed by atoms with E-state index in [-0.39, 0.29) is 18.3 Å². The maximum atomic E-state index is 11.4.